The Balaban J connectivity index is 2.28. The first kappa shape index (κ1) is 13.1. The molecule has 0 saturated heterocycles. The van der Waals surface area contributed by atoms with Crippen molar-refractivity contribution in [3.05, 3.63) is 22.3 Å². The predicted molar refractivity (Wildman–Crippen MR) is 76.6 cm³/mol. The smallest absolute Gasteiger partial charge is 0.243 e. The summed E-state index contributed by atoms with van der Waals surface area (Å²) in [5.41, 5.74) is 1.84. The molecule has 1 heterocycles. The maximum atomic E-state index is 12.3. The number of nitrogens with zero attached hydrogens (tertiary/aromatic N) is 2. The van der Waals surface area contributed by atoms with E-state index in [2.05, 4.69) is 26.1 Å². The Labute approximate surface area is 120 Å². The van der Waals surface area contributed by atoms with Crippen molar-refractivity contribution in [1.29, 1.82) is 0 Å². The summed E-state index contributed by atoms with van der Waals surface area (Å²) in [6.45, 7) is 0. The first-order chi connectivity index (χ1) is 8.93. The summed E-state index contributed by atoms with van der Waals surface area (Å²) in [7, 11) is -0.392. The van der Waals surface area contributed by atoms with Crippen molar-refractivity contribution in [2.75, 3.05) is 14.1 Å². The summed E-state index contributed by atoms with van der Waals surface area (Å²) in [4.78, 5) is 0.285. The molecule has 1 aliphatic carbocycles. The lowest BCUT2D eigenvalue weighted by molar-refractivity contribution is 0.520. The van der Waals surface area contributed by atoms with E-state index in [4.69, 9.17) is 0 Å². The van der Waals surface area contributed by atoms with Crippen LogP contribution in [0.3, 0.4) is 0 Å². The van der Waals surface area contributed by atoms with Gasteiger partial charge in [-0.3, -0.25) is 5.10 Å². The van der Waals surface area contributed by atoms with Gasteiger partial charge in [-0.2, -0.15) is 5.10 Å². The van der Waals surface area contributed by atoms with E-state index in [1.807, 2.05) is 0 Å². The van der Waals surface area contributed by atoms with E-state index >= 15 is 0 Å². The lowest BCUT2D eigenvalue weighted by Crippen LogP contribution is -2.22. The van der Waals surface area contributed by atoms with Gasteiger partial charge in [0.05, 0.1) is 16.1 Å². The molecule has 1 N–H and O–H groups in total. The third-order valence-electron chi connectivity index (χ3n) is 3.38. The van der Waals surface area contributed by atoms with E-state index in [1.54, 1.807) is 12.1 Å². The molecule has 102 valence electrons. The highest BCUT2D eigenvalue weighted by molar-refractivity contribution is 9.10. The van der Waals surface area contributed by atoms with E-state index in [1.165, 1.54) is 18.4 Å². The zero-order valence-electron chi connectivity index (χ0n) is 10.6. The van der Waals surface area contributed by atoms with Gasteiger partial charge in [-0.15, -0.1) is 0 Å². The molecule has 0 bridgehead atoms. The van der Waals surface area contributed by atoms with Crippen LogP contribution in [-0.4, -0.2) is 37.0 Å². The Bertz CT molecular complexity index is 748. The molecule has 0 radical (unpaired) electrons. The molecule has 0 atom stereocenters. The average Bonchev–Trinajstić information content (AvgIpc) is 3.09. The van der Waals surface area contributed by atoms with E-state index < -0.39 is 10.0 Å². The molecule has 1 aromatic carbocycles. The Hall–Kier alpha value is -0.920. The van der Waals surface area contributed by atoms with Gasteiger partial charge in [0.15, 0.2) is 0 Å². The second-order valence-electron chi connectivity index (χ2n) is 4.97. The molecule has 0 unspecified atom stereocenters. The van der Waals surface area contributed by atoms with E-state index in [-0.39, 0.29) is 4.90 Å². The van der Waals surface area contributed by atoms with E-state index in [0.717, 1.165) is 29.4 Å². The zero-order chi connectivity index (χ0) is 13.8. The van der Waals surface area contributed by atoms with Crippen molar-refractivity contribution in [2.24, 2.45) is 0 Å². The summed E-state index contributed by atoms with van der Waals surface area (Å²) >= 11 is 3.45. The Kier molecular flexibility index (Phi) is 2.95. The lowest BCUT2D eigenvalue weighted by Gasteiger charge is -2.13. The minimum atomic E-state index is -3.45. The van der Waals surface area contributed by atoms with Crippen LogP contribution in [-0.2, 0) is 10.0 Å². The fraction of sp³-hybridized carbons (Fsp3) is 0.417. The normalized spacial score (nSPS) is 16.4. The fourth-order valence-corrected chi connectivity index (χ4v) is 4.25. The van der Waals surface area contributed by atoms with Gasteiger partial charge in [-0.05, 0) is 40.9 Å². The largest absolute Gasteiger partial charge is 0.277 e. The number of benzene rings is 1. The molecule has 19 heavy (non-hydrogen) atoms. The molecule has 0 amide bonds. The van der Waals surface area contributed by atoms with Crippen molar-refractivity contribution in [1.82, 2.24) is 14.5 Å². The van der Waals surface area contributed by atoms with Crippen LogP contribution in [0.5, 0.6) is 0 Å². The summed E-state index contributed by atoms with van der Waals surface area (Å²) in [5.74, 6) is 0.461. The van der Waals surface area contributed by atoms with Crippen LogP contribution in [0.25, 0.3) is 10.9 Å². The van der Waals surface area contributed by atoms with Crippen LogP contribution >= 0.6 is 15.9 Å². The maximum Gasteiger partial charge on any atom is 0.243 e. The number of halogens is 1. The number of hydrogen-bond acceptors (Lipinski definition) is 3. The fourth-order valence-electron chi connectivity index (χ4n) is 2.12. The number of hydrogen-bond donors (Lipinski definition) is 1. The molecule has 2 aromatic rings. The molecule has 5 nitrogen and oxygen atoms in total. The molecule has 1 aliphatic rings. The van der Waals surface area contributed by atoms with Gasteiger partial charge in [0.2, 0.25) is 10.0 Å². The number of aromatic nitrogens is 2. The average molecular weight is 344 g/mol. The van der Waals surface area contributed by atoms with Gasteiger partial charge in [0.25, 0.3) is 0 Å². The molecule has 0 spiro atoms. The van der Waals surface area contributed by atoms with Gasteiger partial charge in [0, 0.05) is 29.9 Å². The third kappa shape index (κ3) is 2.00. The van der Waals surface area contributed by atoms with E-state index in [9.17, 15) is 8.42 Å². The van der Waals surface area contributed by atoms with Crippen LogP contribution < -0.4 is 0 Å². The molecule has 3 rings (SSSR count). The highest BCUT2D eigenvalue weighted by Crippen LogP contribution is 2.44. The van der Waals surface area contributed by atoms with Crippen LogP contribution in [0.15, 0.2) is 21.5 Å². The number of rotatable bonds is 3. The summed E-state index contributed by atoms with van der Waals surface area (Å²) in [5, 5.41) is 8.19. The lowest BCUT2D eigenvalue weighted by atomic mass is 10.1. The van der Waals surface area contributed by atoms with Crippen molar-refractivity contribution >= 4 is 36.9 Å². The minimum Gasteiger partial charge on any atom is -0.277 e. The SMILES string of the molecule is CN(C)S(=O)(=O)c1ccc2[nH]nc(C3CC3)c2c1Br. The molecule has 1 saturated carbocycles. The molecule has 7 heteroatoms. The van der Waals surface area contributed by atoms with Crippen molar-refractivity contribution in [2.45, 2.75) is 23.7 Å². The summed E-state index contributed by atoms with van der Waals surface area (Å²) in [6.07, 6.45) is 2.24. The number of fused-ring (bicyclic) bond motifs is 1. The summed E-state index contributed by atoms with van der Waals surface area (Å²) < 4.78 is 26.4. The Morgan fingerprint density at radius 3 is 2.63 bits per heavy atom. The standard InChI is InChI=1S/C12H14BrN3O2S/c1-16(2)19(17,18)9-6-5-8-10(11(9)13)12(15-14-8)7-3-4-7/h5-7H,3-4H2,1-2H3,(H,14,15). The number of nitrogens with one attached hydrogen (secondary N) is 1. The third-order valence-corrected chi connectivity index (χ3v) is 6.33. The highest BCUT2D eigenvalue weighted by atomic mass is 79.9. The first-order valence-electron chi connectivity index (χ1n) is 6.02. The van der Waals surface area contributed by atoms with Crippen molar-refractivity contribution in [3.8, 4) is 0 Å². The van der Waals surface area contributed by atoms with Gasteiger partial charge in [-0.25, -0.2) is 12.7 Å². The maximum absolute atomic E-state index is 12.3. The molecular formula is C12H14BrN3O2S. The second kappa shape index (κ2) is 4.29. The Morgan fingerprint density at radius 2 is 2.05 bits per heavy atom. The van der Waals surface area contributed by atoms with Crippen molar-refractivity contribution in [3.63, 3.8) is 0 Å². The molecule has 1 aromatic heterocycles. The second-order valence-corrected chi connectivity index (χ2v) is 7.88. The minimum absolute atomic E-state index is 0.285. The molecular weight excluding hydrogens is 330 g/mol. The van der Waals surface area contributed by atoms with Gasteiger partial charge < -0.3 is 0 Å². The predicted octanol–water partition coefficient (Wildman–Crippen LogP) is 2.45. The monoisotopic (exact) mass is 343 g/mol. The summed E-state index contributed by atoms with van der Waals surface area (Å²) in [6, 6.07) is 3.38. The van der Waals surface area contributed by atoms with Crippen LogP contribution in [0, 0.1) is 0 Å². The number of H-pyrrole nitrogens is 1. The quantitative estimate of drug-likeness (QED) is 0.930. The topological polar surface area (TPSA) is 66.1 Å². The van der Waals surface area contributed by atoms with Crippen LogP contribution in [0.4, 0.5) is 0 Å². The molecule has 1 fully saturated rings. The van der Waals surface area contributed by atoms with E-state index in [0.29, 0.717) is 10.4 Å². The zero-order valence-corrected chi connectivity index (χ0v) is 13.0. The van der Waals surface area contributed by atoms with Crippen molar-refractivity contribution < 1.29 is 8.42 Å². The van der Waals surface area contributed by atoms with Gasteiger partial charge in [-0.1, -0.05) is 0 Å². The molecule has 0 aliphatic heterocycles. The number of aromatic amines is 1. The highest BCUT2D eigenvalue weighted by Gasteiger charge is 2.31. The van der Waals surface area contributed by atoms with Gasteiger partial charge >= 0.3 is 0 Å². The van der Waals surface area contributed by atoms with Gasteiger partial charge in [0.1, 0.15) is 0 Å². The van der Waals surface area contributed by atoms with Crippen LogP contribution in [0.1, 0.15) is 24.5 Å². The number of sulfonamides is 1. The Morgan fingerprint density at radius 1 is 1.37 bits per heavy atom. The van der Waals surface area contributed by atoms with Crippen LogP contribution in [0.2, 0.25) is 0 Å². The first-order valence-corrected chi connectivity index (χ1v) is 8.25.